The second-order valence-corrected chi connectivity index (χ2v) is 4.94. The van der Waals surface area contributed by atoms with Gasteiger partial charge in [-0.05, 0) is 54.8 Å². The molecule has 4 nitrogen and oxygen atoms in total. The van der Waals surface area contributed by atoms with Crippen molar-refractivity contribution in [2.24, 2.45) is 0 Å². The molecule has 0 fully saturated rings. The van der Waals surface area contributed by atoms with Gasteiger partial charge in [0.15, 0.2) is 6.61 Å². The highest BCUT2D eigenvalue weighted by atomic mass is 16.6. The van der Waals surface area contributed by atoms with Crippen molar-refractivity contribution >= 4 is 11.7 Å². The molecule has 2 aromatic rings. The van der Waals surface area contributed by atoms with Gasteiger partial charge in [0.05, 0.1) is 0 Å². The fourth-order valence-electron chi connectivity index (χ4n) is 1.81. The van der Waals surface area contributed by atoms with Crippen LogP contribution in [0.1, 0.15) is 16.7 Å². The molecule has 4 heteroatoms. The Balaban J connectivity index is 1.79. The van der Waals surface area contributed by atoms with Gasteiger partial charge in [0.1, 0.15) is 12.4 Å². The molecule has 110 valence electrons. The number of aryl methyl sites for hydroxylation is 2. The second-order valence-electron chi connectivity index (χ2n) is 4.94. The lowest BCUT2D eigenvalue weighted by Gasteiger charge is -2.08. The predicted molar refractivity (Wildman–Crippen MR) is 82.1 cm³/mol. The van der Waals surface area contributed by atoms with E-state index in [0.29, 0.717) is 11.4 Å². The van der Waals surface area contributed by atoms with Gasteiger partial charge in [-0.25, -0.2) is 4.79 Å². The van der Waals surface area contributed by atoms with Crippen LogP contribution in [-0.2, 0) is 16.1 Å². The molecular weight excluding hydrogens is 266 g/mol. The van der Waals surface area contributed by atoms with Gasteiger partial charge in [-0.15, -0.1) is 0 Å². The number of carbonyl (C=O) groups is 1. The van der Waals surface area contributed by atoms with Crippen molar-refractivity contribution in [3.8, 4) is 5.75 Å². The molecule has 0 atom stereocenters. The Hall–Kier alpha value is -2.49. The van der Waals surface area contributed by atoms with E-state index in [9.17, 15) is 4.79 Å². The quantitative estimate of drug-likeness (QED) is 0.677. The lowest BCUT2D eigenvalue weighted by Crippen LogP contribution is -2.14. The molecule has 0 saturated carbocycles. The van der Waals surface area contributed by atoms with Gasteiger partial charge in [-0.1, -0.05) is 18.2 Å². The third kappa shape index (κ3) is 4.53. The number of anilines is 1. The zero-order valence-corrected chi connectivity index (χ0v) is 12.3. The third-order valence-electron chi connectivity index (χ3n) is 3.21. The standard InChI is InChI=1S/C17H19NO3/c1-12-3-4-14(9-13(12)2)10-21-17(19)11-20-16-7-5-15(18)6-8-16/h3-9H,10-11,18H2,1-2H3. The molecule has 0 heterocycles. The first-order valence-corrected chi connectivity index (χ1v) is 6.74. The summed E-state index contributed by atoms with van der Waals surface area (Å²) in [4.78, 5) is 11.6. The summed E-state index contributed by atoms with van der Waals surface area (Å²) < 4.78 is 10.5. The van der Waals surface area contributed by atoms with Gasteiger partial charge in [-0.2, -0.15) is 0 Å². The number of nitrogens with two attached hydrogens (primary N) is 1. The lowest BCUT2D eigenvalue weighted by atomic mass is 10.1. The SMILES string of the molecule is Cc1ccc(COC(=O)COc2ccc(N)cc2)cc1C. The third-order valence-corrected chi connectivity index (χ3v) is 3.21. The van der Waals surface area contributed by atoms with Crippen molar-refractivity contribution in [3.05, 3.63) is 59.2 Å². The minimum absolute atomic E-state index is 0.116. The number of carbonyl (C=O) groups excluding carboxylic acids is 1. The smallest absolute Gasteiger partial charge is 0.344 e. The average molecular weight is 285 g/mol. The largest absolute Gasteiger partial charge is 0.482 e. The highest BCUT2D eigenvalue weighted by Gasteiger charge is 2.05. The van der Waals surface area contributed by atoms with Crippen LogP contribution in [0.15, 0.2) is 42.5 Å². The zero-order chi connectivity index (χ0) is 15.2. The van der Waals surface area contributed by atoms with E-state index < -0.39 is 5.97 Å². The molecule has 0 saturated heterocycles. The van der Waals surface area contributed by atoms with E-state index in [1.54, 1.807) is 24.3 Å². The van der Waals surface area contributed by atoms with Crippen LogP contribution in [0.3, 0.4) is 0 Å². The minimum atomic E-state index is -0.398. The van der Waals surface area contributed by atoms with Gasteiger partial charge in [0.2, 0.25) is 0 Å². The highest BCUT2D eigenvalue weighted by molar-refractivity contribution is 5.71. The van der Waals surface area contributed by atoms with Crippen molar-refractivity contribution in [1.82, 2.24) is 0 Å². The Morgan fingerprint density at radius 1 is 1.05 bits per heavy atom. The van der Waals surface area contributed by atoms with Crippen LogP contribution < -0.4 is 10.5 Å². The molecule has 0 aliphatic heterocycles. The maximum Gasteiger partial charge on any atom is 0.344 e. The van der Waals surface area contributed by atoms with Crippen molar-refractivity contribution in [1.29, 1.82) is 0 Å². The first-order valence-electron chi connectivity index (χ1n) is 6.74. The second kappa shape index (κ2) is 6.79. The Bertz CT molecular complexity index is 620. The monoisotopic (exact) mass is 285 g/mol. The number of nitrogen functional groups attached to an aromatic ring is 1. The summed E-state index contributed by atoms with van der Waals surface area (Å²) in [7, 11) is 0. The number of hydrogen-bond acceptors (Lipinski definition) is 4. The van der Waals surface area contributed by atoms with Crippen LogP contribution in [0.2, 0.25) is 0 Å². The average Bonchev–Trinajstić information content (AvgIpc) is 2.48. The van der Waals surface area contributed by atoms with E-state index >= 15 is 0 Å². The molecule has 0 unspecified atom stereocenters. The Morgan fingerprint density at radius 3 is 2.43 bits per heavy atom. The molecule has 0 radical (unpaired) electrons. The van der Waals surface area contributed by atoms with Gasteiger partial charge < -0.3 is 15.2 Å². The molecular formula is C17H19NO3. The summed E-state index contributed by atoms with van der Waals surface area (Å²) >= 11 is 0. The topological polar surface area (TPSA) is 61.5 Å². The van der Waals surface area contributed by atoms with E-state index in [1.165, 1.54) is 11.1 Å². The molecule has 0 amide bonds. The van der Waals surface area contributed by atoms with E-state index in [2.05, 4.69) is 0 Å². The predicted octanol–water partition coefficient (Wildman–Crippen LogP) is 3.01. The summed E-state index contributed by atoms with van der Waals surface area (Å²) in [6.45, 7) is 4.22. The first-order chi connectivity index (χ1) is 10.0. The van der Waals surface area contributed by atoms with Crippen molar-refractivity contribution in [2.75, 3.05) is 12.3 Å². The van der Waals surface area contributed by atoms with Gasteiger partial charge in [0.25, 0.3) is 0 Å². The Kier molecular flexibility index (Phi) is 4.82. The fourth-order valence-corrected chi connectivity index (χ4v) is 1.81. The van der Waals surface area contributed by atoms with E-state index in [1.807, 2.05) is 32.0 Å². The van der Waals surface area contributed by atoms with E-state index in [0.717, 1.165) is 5.56 Å². The number of ether oxygens (including phenoxy) is 2. The molecule has 2 aromatic carbocycles. The zero-order valence-electron chi connectivity index (χ0n) is 12.3. The summed E-state index contributed by atoms with van der Waals surface area (Å²) in [6.07, 6.45) is 0. The maximum absolute atomic E-state index is 11.6. The Labute approximate surface area is 124 Å². The van der Waals surface area contributed by atoms with Gasteiger partial charge in [-0.3, -0.25) is 0 Å². The van der Waals surface area contributed by atoms with E-state index in [4.69, 9.17) is 15.2 Å². The normalized spacial score (nSPS) is 10.2. The molecule has 0 aliphatic carbocycles. The van der Waals surface area contributed by atoms with Crippen molar-refractivity contribution in [3.63, 3.8) is 0 Å². The molecule has 0 aromatic heterocycles. The molecule has 2 rings (SSSR count). The van der Waals surface area contributed by atoms with Crippen LogP contribution in [0.4, 0.5) is 5.69 Å². The van der Waals surface area contributed by atoms with Crippen molar-refractivity contribution in [2.45, 2.75) is 20.5 Å². The number of hydrogen-bond donors (Lipinski definition) is 1. The summed E-state index contributed by atoms with van der Waals surface area (Å²) in [5.41, 5.74) is 9.60. The van der Waals surface area contributed by atoms with Crippen molar-refractivity contribution < 1.29 is 14.3 Å². The summed E-state index contributed by atoms with van der Waals surface area (Å²) in [6, 6.07) is 12.9. The van der Waals surface area contributed by atoms with Crippen LogP contribution in [-0.4, -0.2) is 12.6 Å². The van der Waals surface area contributed by atoms with Gasteiger partial charge >= 0.3 is 5.97 Å². The number of rotatable bonds is 5. The van der Waals surface area contributed by atoms with E-state index in [-0.39, 0.29) is 13.2 Å². The lowest BCUT2D eigenvalue weighted by molar-refractivity contribution is -0.147. The molecule has 0 bridgehead atoms. The summed E-state index contributed by atoms with van der Waals surface area (Å²) in [5.74, 6) is 0.192. The first kappa shape index (κ1) is 14.9. The Morgan fingerprint density at radius 2 is 1.76 bits per heavy atom. The maximum atomic E-state index is 11.6. The fraction of sp³-hybridized carbons (Fsp3) is 0.235. The number of benzene rings is 2. The summed E-state index contributed by atoms with van der Waals surface area (Å²) in [5, 5.41) is 0. The van der Waals surface area contributed by atoms with Crippen LogP contribution in [0.25, 0.3) is 0 Å². The molecule has 0 aliphatic rings. The highest BCUT2D eigenvalue weighted by Crippen LogP contribution is 2.13. The minimum Gasteiger partial charge on any atom is -0.482 e. The van der Waals surface area contributed by atoms with Crippen LogP contribution >= 0.6 is 0 Å². The van der Waals surface area contributed by atoms with Crippen LogP contribution in [0, 0.1) is 13.8 Å². The molecule has 2 N–H and O–H groups in total. The molecule has 21 heavy (non-hydrogen) atoms. The molecule has 0 spiro atoms. The van der Waals surface area contributed by atoms with Gasteiger partial charge in [0, 0.05) is 5.69 Å². The van der Waals surface area contributed by atoms with Crippen LogP contribution in [0.5, 0.6) is 5.75 Å². The number of esters is 1.